The third-order valence-electron chi connectivity index (χ3n) is 4.93. The molecule has 0 spiro atoms. The Balaban J connectivity index is 1.37. The van der Waals surface area contributed by atoms with E-state index < -0.39 is 0 Å². The first-order chi connectivity index (χ1) is 12.6. The van der Waals surface area contributed by atoms with Crippen LogP contribution in [0.25, 0.3) is 11.3 Å². The third-order valence-corrected chi connectivity index (χ3v) is 4.93. The van der Waals surface area contributed by atoms with Crippen molar-refractivity contribution in [1.29, 1.82) is 0 Å². The molecule has 0 bridgehead atoms. The molecule has 1 fully saturated rings. The number of hydrogen-bond acceptors (Lipinski definition) is 3. The Morgan fingerprint density at radius 3 is 2.96 bits per heavy atom. The van der Waals surface area contributed by atoms with E-state index in [0.717, 1.165) is 68.6 Å². The molecule has 6 heteroatoms. The van der Waals surface area contributed by atoms with Crippen LogP contribution in [-0.2, 0) is 11.2 Å². The highest BCUT2D eigenvalue weighted by Crippen LogP contribution is 2.19. The van der Waals surface area contributed by atoms with Crippen molar-refractivity contribution in [3.05, 3.63) is 41.8 Å². The van der Waals surface area contributed by atoms with E-state index in [-0.39, 0.29) is 17.8 Å². The monoisotopic (exact) mass is 358 g/mol. The Morgan fingerprint density at radius 1 is 1.31 bits per heavy atom. The molecule has 0 saturated carbocycles. The first-order valence-corrected chi connectivity index (χ1v) is 9.42. The van der Waals surface area contributed by atoms with Crippen LogP contribution < -0.4 is 5.32 Å². The quantitative estimate of drug-likeness (QED) is 0.713. The molecule has 5 nitrogen and oxygen atoms in total. The van der Waals surface area contributed by atoms with Gasteiger partial charge in [-0.05, 0) is 56.8 Å². The number of halogens is 1. The molecule has 1 amide bonds. The molecule has 2 aromatic rings. The van der Waals surface area contributed by atoms with Gasteiger partial charge in [0.05, 0.1) is 11.7 Å². The number of aromatic nitrogens is 2. The summed E-state index contributed by atoms with van der Waals surface area (Å²) < 4.78 is 13.3. The van der Waals surface area contributed by atoms with Crippen molar-refractivity contribution in [3.8, 4) is 11.3 Å². The van der Waals surface area contributed by atoms with Gasteiger partial charge in [0.1, 0.15) is 5.82 Å². The number of amides is 1. The van der Waals surface area contributed by atoms with Crippen LogP contribution in [0, 0.1) is 5.82 Å². The van der Waals surface area contributed by atoms with Gasteiger partial charge in [-0.15, -0.1) is 0 Å². The number of rotatable bonds is 8. The van der Waals surface area contributed by atoms with E-state index in [0.29, 0.717) is 0 Å². The molecule has 3 rings (SSSR count). The number of hydrogen-bond donors (Lipinski definition) is 2. The van der Waals surface area contributed by atoms with Crippen molar-refractivity contribution in [1.82, 2.24) is 20.4 Å². The van der Waals surface area contributed by atoms with Crippen molar-refractivity contribution >= 4 is 5.91 Å². The Kier molecular flexibility index (Phi) is 6.39. The lowest BCUT2D eigenvalue weighted by Crippen LogP contribution is -2.41. The molecular weight excluding hydrogens is 331 g/mol. The van der Waals surface area contributed by atoms with E-state index >= 15 is 0 Å². The van der Waals surface area contributed by atoms with Crippen LogP contribution in [-0.4, -0.2) is 47.2 Å². The topological polar surface area (TPSA) is 61.0 Å². The third kappa shape index (κ3) is 4.91. The Hall–Kier alpha value is -2.21. The van der Waals surface area contributed by atoms with Crippen molar-refractivity contribution in [3.63, 3.8) is 0 Å². The van der Waals surface area contributed by atoms with Gasteiger partial charge in [0.15, 0.2) is 0 Å². The van der Waals surface area contributed by atoms with Crippen molar-refractivity contribution < 1.29 is 9.18 Å². The summed E-state index contributed by atoms with van der Waals surface area (Å²) in [6.45, 7) is 1.75. The second-order valence-electron chi connectivity index (χ2n) is 7.01. The zero-order valence-electron chi connectivity index (χ0n) is 15.3. The summed E-state index contributed by atoms with van der Waals surface area (Å²) in [5, 5.41) is 10.6. The van der Waals surface area contributed by atoms with E-state index in [4.69, 9.17) is 0 Å². The maximum absolute atomic E-state index is 13.3. The molecule has 140 valence electrons. The second-order valence-corrected chi connectivity index (χ2v) is 7.01. The molecule has 1 aliphatic heterocycles. The SMILES string of the molecule is CN(CCCCCc1cc(-c2cccc(F)c2)n[nH]1)C(=O)C1CCCN1. The van der Waals surface area contributed by atoms with Gasteiger partial charge in [-0.3, -0.25) is 9.89 Å². The van der Waals surface area contributed by atoms with Crippen LogP contribution in [0.2, 0.25) is 0 Å². The molecule has 1 saturated heterocycles. The molecule has 1 aliphatic rings. The maximum atomic E-state index is 13.3. The number of benzene rings is 1. The summed E-state index contributed by atoms with van der Waals surface area (Å²) in [5.41, 5.74) is 2.62. The van der Waals surface area contributed by atoms with E-state index in [9.17, 15) is 9.18 Å². The number of nitrogens with one attached hydrogen (secondary N) is 2. The number of nitrogens with zero attached hydrogens (tertiary/aromatic N) is 2. The van der Waals surface area contributed by atoms with E-state index in [1.807, 2.05) is 24.1 Å². The van der Waals surface area contributed by atoms with Crippen molar-refractivity contribution in [2.24, 2.45) is 0 Å². The van der Waals surface area contributed by atoms with E-state index in [2.05, 4.69) is 15.5 Å². The van der Waals surface area contributed by atoms with Gasteiger partial charge in [0, 0.05) is 24.8 Å². The van der Waals surface area contributed by atoms with Crippen LogP contribution in [0.3, 0.4) is 0 Å². The summed E-state index contributed by atoms with van der Waals surface area (Å²) in [7, 11) is 1.89. The number of H-pyrrole nitrogens is 1. The fourth-order valence-corrected chi connectivity index (χ4v) is 3.40. The minimum atomic E-state index is -0.251. The minimum absolute atomic E-state index is 0.0197. The predicted octanol–water partition coefficient (Wildman–Crippen LogP) is 3.14. The molecular formula is C20H27FN4O. The maximum Gasteiger partial charge on any atom is 0.239 e. The van der Waals surface area contributed by atoms with Gasteiger partial charge >= 0.3 is 0 Å². The van der Waals surface area contributed by atoms with Gasteiger partial charge in [0.2, 0.25) is 5.91 Å². The lowest BCUT2D eigenvalue weighted by molar-refractivity contribution is -0.131. The molecule has 2 heterocycles. The van der Waals surface area contributed by atoms with Crippen LogP contribution in [0.15, 0.2) is 30.3 Å². The van der Waals surface area contributed by atoms with Crippen LogP contribution in [0.4, 0.5) is 4.39 Å². The average molecular weight is 358 g/mol. The molecule has 2 N–H and O–H groups in total. The van der Waals surface area contributed by atoms with E-state index in [1.165, 1.54) is 12.1 Å². The van der Waals surface area contributed by atoms with Crippen molar-refractivity contribution in [2.45, 2.75) is 44.6 Å². The number of aromatic amines is 1. The van der Waals surface area contributed by atoms with E-state index in [1.54, 1.807) is 6.07 Å². The molecule has 1 aromatic heterocycles. The largest absolute Gasteiger partial charge is 0.344 e. The highest BCUT2D eigenvalue weighted by Gasteiger charge is 2.24. The van der Waals surface area contributed by atoms with Crippen LogP contribution >= 0.6 is 0 Å². The molecule has 1 aromatic carbocycles. The Bertz CT molecular complexity index is 724. The molecule has 1 atom stereocenters. The fourth-order valence-electron chi connectivity index (χ4n) is 3.40. The zero-order chi connectivity index (χ0) is 18.4. The molecule has 1 unspecified atom stereocenters. The van der Waals surface area contributed by atoms with Crippen LogP contribution in [0.5, 0.6) is 0 Å². The summed E-state index contributed by atoms with van der Waals surface area (Å²) in [4.78, 5) is 14.1. The molecule has 26 heavy (non-hydrogen) atoms. The summed E-state index contributed by atoms with van der Waals surface area (Å²) in [5.74, 6) is -0.0330. The second kappa shape index (κ2) is 8.94. The van der Waals surface area contributed by atoms with Crippen LogP contribution in [0.1, 0.15) is 37.8 Å². The number of likely N-dealkylation sites (N-methyl/N-ethyl adjacent to an activating group) is 1. The number of carbonyl (C=O) groups is 1. The van der Waals surface area contributed by atoms with Crippen molar-refractivity contribution in [2.75, 3.05) is 20.1 Å². The normalized spacial score (nSPS) is 16.8. The minimum Gasteiger partial charge on any atom is -0.344 e. The lowest BCUT2D eigenvalue weighted by Gasteiger charge is -2.21. The number of unbranched alkanes of at least 4 members (excludes halogenated alkanes) is 2. The fraction of sp³-hybridized carbons (Fsp3) is 0.500. The Morgan fingerprint density at radius 2 is 2.19 bits per heavy atom. The standard InChI is InChI=1S/C20H27FN4O/c1-25(20(26)18-10-6-11-22-18)12-4-2-3-9-17-14-19(24-23-17)15-7-5-8-16(21)13-15/h5,7-8,13-14,18,22H,2-4,6,9-12H2,1H3,(H,23,24). The zero-order valence-corrected chi connectivity index (χ0v) is 15.3. The molecule has 0 aliphatic carbocycles. The highest BCUT2D eigenvalue weighted by atomic mass is 19.1. The lowest BCUT2D eigenvalue weighted by atomic mass is 10.1. The Labute approximate surface area is 154 Å². The summed E-state index contributed by atoms with van der Waals surface area (Å²) in [6, 6.07) is 8.47. The predicted molar refractivity (Wildman–Crippen MR) is 100 cm³/mol. The van der Waals surface area contributed by atoms with Gasteiger partial charge in [-0.2, -0.15) is 5.10 Å². The highest BCUT2D eigenvalue weighted by molar-refractivity contribution is 5.81. The number of aryl methyl sites for hydroxylation is 1. The van der Waals surface area contributed by atoms with Gasteiger partial charge < -0.3 is 10.2 Å². The van der Waals surface area contributed by atoms with Gasteiger partial charge in [0.25, 0.3) is 0 Å². The first-order valence-electron chi connectivity index (χ1n) is 9.42. The summed E-state index contributed by atoms with van der Waals surface area (Å²) >= 11 is 0. The number of carbonyl (C=O) groups excluding carboxylic acids is 1. The average Bonchev–Trinajstić information content (AvgIpc) is 3.32. The molecule has 0 radical (unpaired) electrons. The van der Waals surface area contributed by atoms with Gasteiger partial charge in [-0.1, -0.05) is 18.6 Å². The summed E-state index contributed by atoms with van der Waals surface area (Å²) in [6.07, 6.45) is 6.05. The smallest absolute Gasteiger partial charge is 0.239 e. The van der Waals surface area contributed by atoms with Gasteiger partial charge in [-0.25, -0.2) is 4.39 Å². The first kappa shape index (κ1) is 18.6.